The Bertz CT molecular complexity index is 1420. The number of hydrogen-bond acceptors (Lipinski definition) is 4. The van der Waals surface area contributed by atoms with Crippen LogP contribution in [0.2, 0.25) is 0 Å². The molecule has 166 valence electrons. The number of rotatable bonds is 2. The lowest BCUT2D eigenvalue weighted by atomic mass is 9.92. The smallest absolute Gasteiger partial charge is 0.262 e. The molecular weight excluding hydrogens is 419 g/mol. The number of benzene rings is 3. The van der Waals surface area contributed by atoms with Gasteiger partial charge in [-0.1, -0.05) is 6.07 Å². The van der Waals surface area contributed by atoms with Gasteiger partial charge >= 0.3 is 0 Å². The first-order chi connectivity index (χ1) is 15.8. The summed E-state index contributed by atoms with van der Waals surface area (Å²) >= 11 is 0. The first-order valence-electron chi connectivity index (χ1n) is 10.9. The molecule has 0 saturated heterocycles. The molecular formula is C27H23FN2O3. The number of aryl methyl sites for hydroxylation is 2. The molecule has 1 amide bonds. The zero-order valence-corrected chi connectivity index (χ0v) is 18.3. The van der Waals surface area contributed by atoms with Crippen LogP contribution in [0.5, 0.6) is 11.5 Å². The lowest BCUT2D eigenvalue weighted by molar-refractivity contribution is 0.0972. The lowest BCUT2D eigenvalue weighted by Crippen LogP contribution is -2.42. The maximum absolute atomic E-state index is 13.7. The highest BCUT2D eigenvalue weighted by Crippen LogP contribution is 2.37. The second-order valence-corrected chi connectivity index (χ2v) is 8.60. The number of phenols is 2. The molecule has 0 radical (unpaired) electrons. The predicted molar refractivity (Wildman–Crippen MR) is 126 cm³/mol. The third-order valence-corrected chi connectivity index (χ3v) is 6.29. The number of amides is 1. The van der Waals surface area contributed by atoms with Crippen LogP contribution in [0.15, 0.2) is 60.7 Å². The molecule has 1 aliphatic rings. The van der Waals surface area contributed by atoms with Crippen LogP contribution in [0.1, 0.15) is 34.8 Å². The summed E-state index contributed by atoms with van der Waals surface area (Å²) in [7, 11) is 0. The van der Waals surface area contributed by atoms with Crippen molar-refractivity contribution in [1.82, 2.24) is 4.98 Å². The highest BCUT2D eigenvalue weighted by molar-refractivity contribution is 6.09. The number of carbonyl (C=O) groups is 1. The second-order valence-electron chi connectivity index (χ2n) is 8.60. The van der Waals surface area contributed by atoms with Crippen molar-refractivity contribution in [3.63, 3.8) is 0 Å². The highest BCUT2D eigenvalue weighted by atomic mass is 19.1. The van der Waals surface area contributed by atoms with Crippen molar-refractivity contribution < 1.29 is 19.4 Å². The van der Waals surface area contributed by atoms with E-state index in [0.29, 0.717) is 5.52 Å². The van der Waals surface area contributed by atoms with E-state index in [1.807, 2.05) is 38.1 Å². The van der Waals surface area contributed by atoms with E-state index in [9.17, 15) is 19.4 Å². The van der Waals surface area contributed by atoms with Gasteiger partial charge < -0.3 is 15.1 Å². The number of phenolic OH excluding ortho intramolecular Hbond substituents is 2. The van der Waals surface area contributed by atoms with Gasteiger partial charge in [0.1, 0.15) is 17.3 Å². The fourth-order valence-corrected chi connectivity index (χ4v) is 4.58. The van der Waals surface area contributed by atoms with Gasteiger partial charge in [0.15, 0.2) is 0 Å². The molecule has 0 bridgehead atoms. The summed E-state index contributed by atoms with van der Waals surface area (Å²) in [4.78, 5) is 19.7. The van der Waals surface area contributed by atoms with Gasteiger partial charge in [-0.3, -0.25) is 4.79 Å². The molecule has 3 aromatic carbocycles. The molecule has 6 heteroatoms. The van der Waals surface area contributed by atoms with Gasteiger partial charge in [0.05, 0.1) is 16.8 Å². The van der Waals surface area contributed by atoms with Crippen molar-refractivity contribution in [2.75, 3.05) is 4.90 Å². The lowest BCUT2D eigenvalue weighted by Gasteiger charge is -2.35. The number of anilines is 1. The molecule has 0 aliphatic carbocycles. The van der Waals surface area contributed by atoms with E-state index in [0.717, 1.165) is 46.3 Å². The highest BCUT2D eigenvalue weighted by Gasteiger charge is 2.30. The summed E-state index contributed by atoms with van der Waals surface area (Å²) < 4.78 is 13.7. The molecule has 0 spiro atoms. The fourth-order valence-electron chi connectivity index (χ4n) is 4.58. The summed E-state index contributed by atoms with van der Waals surface area (Å²) in [5.74, 6) is -0.988. The van der Waals surface area contributed by atoms with Crippen LogP contribution in [-0.2, 0) is 6.42 Å². The number of fused-ring (bicyclic) bond motifs is 2. The monoisotopic (exact) mass is 442 g/mol. The summed E-state index contributed by atoms with van der Waals surface area (Å²) in [6.45, 7) is 3.96. The van der Waals surface area contributed by atoms with Crippen molar-refractivity contribution in [2.24, 2.45) is 0 Å². The van der Waals surface area contributed by atoms with Crippen molar-refractivity contribution in [1.29, 1.82) is 0 Å². The Balaban J connectivity index is 1.57. The van der Waals surface area contributed by atoms with Crippen molar-refractivity contribution >= 4 is 22.5 Å². The number of aromatic hydroxyl groups is 2. The van der Waals surface area contributed by atoms with Crippen LogP contribution in [0.4, 0.5) is 10.1 Å². The predicted octanol–water partition coefficient (Wildman–Crippen LogP) is 5.74. The number of aromatic nitrogens is 1. The Hall–Kier alpha value is -3.93. The minimum Gasteiger partial charge on any atom is -0.508 e. The molecule has 33 heavy (non-hydrogen) atoms. The van der Waals surface area contributed by atoms with Gasteiger partial charge in [-0.15, -0.1) is 0 Å². The van der Waals surface area contributed by atoms with E-state index in [-0.39, 0.29) is 34.8 Å². The molecule has 0 saturated carbocycles. The molecule has 1 aliphatic heterocycles. The molecule has 4 aromatic rings. The Labute approximate surface area is 190 Å². The average molecular weight is 442 g/mol. The third-order valence-electron chi connectivity index (χ3n) is 6.29. The van der Waals surface area contributed by atoms with Gasteiger partial charge in [0.2, 0.25) is 0 Å². The summed E-state index contributed by atoms with van der Waals surface area (Å²) in [6.07, 6.45) is 1.58. The Morgan fingerprint density at radius 2 is 1.88 bits per heavy atom. The van der Waals surface area contributed by atoms with E-state index in [2.05, 4.69) is 0 Å². The molecule has 1 aromatic heterocycles. The van der Waals surface area contributed by atoms with Crippen molar-refractivity contribution in [2.45, 2.75) is 32.7 Å². The van der Waals surface area contributed by atoms with Gasteiger partial charge in [-0.2, -0.15) is 0 Å². The molecule has 0 fully saturated rings. The molecule has 5 rings (SSSR count). The second kappa shape index (κ2) is 7.89. The maximum Gasteiger partial charge on any atom is 0.262 e. The van der Waals surface area contributed by atoms with E-state index in [1.165, 1.54) is 30.3 Å². The quantitative estimate of drug-likeness (QED) is 0.415. The Morgan fingerprint density at radius 3 is 2.67 bits per heavy atom. The molecule has 2 N–H and O–H groups in total. The van der Waals surface area contributed by atoms with Gasteiger partial charge in [-0.05, 0) is 80.3 Å². The number of carbonyl (C=O) groups excluding carboxylic acids is 1. The Kier molecular flexibility index (Phi) is 5.01. The minimum atomic E-state index is -0.323. The van der Waals surface area contributed by atoms with Crippen LogP contribution >= 0.6 is 0 Å². The SMILES string of the molecule is Cc1cc2ccc(F)cc2nc1-c1ccc2c(c1)CC[C@H](C)N2C(=O)c1ccc(O)cc1O. The van der Waals surface area contributed by atoms with Crippen LogP contribution in [0.3, 0.4) is 0 Å². The van der Waals surface area contributed by atoms with E-state index < -0.39 is 0 Å². The summed E-state index contributed by atoms with van der Waals surface area (Å²) in [5.41, 5.74) is 5.22. The van der Waals surface area contributed by atoms with Crippen LogP contribution < -0.4 is 4.90 Å². The van der Waals surface area contributed by atoms with Crippen LogP contribution in [0.25, 0.3) is 22.2 Å². The van der Waals surface area contributed by atoms with Crippen molar-refractivity contribution in [3.8, 4) is 22.8 Å². The van der Waals surface area contributed by atoms with Crippen LogP contribution in [0, 0.1) is 12.7 Å². The number of halogens is 1. The minimum absolute atomic E-state index is 0.0486. The van der Waals surface area contributed by atoms with Gasteiger partial charge in [0.25, 0.3) is 5.91 Å². The zero-order chi connectivity index (χ0) is 23.3. The van der Waals surface area contributed by atoms with E-state index in [1.54, 1.807) is 11.0 Å². The van der Waals surface area contributed by atoms with E-state index >= 15 is 0 Å². The zero-order valence-electron chi connectivity index (χ0n) is 18.3. The average Bonchev–Trinajstić information content (AvgIpc) is 2.78. The standard InChI is InChI=1S/C27H23FN2O3/c1-15-11-17-5-7-20(28)13-23(17)29-26(15)19-6-10-24-18(12-19)4-3-16(2)30(24)27(33)22-9-8-21(31)14-25(22)32/h5-14,16,31-32H,3-4H2,1-2H3/t16-/m0/s1. The summed E-state index contributed by atoms with van der Waals surface area (Å²) in [6, 6.07) is 16.4. The number of pyridine rings is 1. The first kappa shape index (κ1) is 20.9. The number of hydrogen-bond donors (Lipinski definition) is 2. The fraction of sp³-hybridized carbons (Fsp3) is 0.185. The van der Waals surface area contributed by atoms with Crippen LogP contribution in [-0.4, -0.2) is 27.1 Å². The van der Waals surface area contributed by atoms with Crippen molar-refractivity contribution in [3.05, 3.63) is 83.2 Å². The molecule has 0 unspecified atom stereocenters. The first-order valence-corrected chi connectivity index (χ1v) is 10.9. The number of nitrogens with zero attached hydrogens (tertiary/aromatic N) is 2. The van der Waals surface area contributed by atoms with Gasteiger partial charge in [0, 0.05) is 34.8 Å². The Morgan fingerprint density at radius 1 is 1.06 bits per heavy atom. The third kappa shape index (κ3) is 3.67. The molecule has 1 atom stereocenters. The van der Waals surface area contributed by atoms with Gasteiger partial charge in [-0.25, -0.2) is 9.37 Å². The van der Waals surface area contributed by atoms with E-state index in [4.69, 9.17) is 4.98 Å². The maximum atomic E-state index is 13.7. The normalized spacial score (nSPS) is 15.5. The largest absolute Gasteiger partial charge is 0.508 e. The molecule has 2 heterocycles. The topological polar surface area (TPSA) is 73.7 Å². The molecule has 5 nitrogen and oxygen atoms in total. The summed E-state index contributed by atoms with van der Waals surface area (Å²) in [5, 5.41) is 20.7.